The summed E-state index contributed by atoms with van der Waals surface area (Å²) in [5.41, 5.74) is 0.297. The van der Waals surface area contributed by atoms with Gasteiger partial charge in [-0.1, -0.05) is 0 Å². The van der Waals surface area contributed by atoms with Crippen LogP contribution < -0.4 is 0 Å². The van der Waals surface area contributed by atoms with Gasteiger partial charge in [0.15, 0.2) is 0 Å². The molecule has 2 heterocycles. The largest absolute Gasteiger partial charge is 0.334 e. The van der Waals surface area contributed by atoms with E-state index >= 15 is 0 Å². The summed E-state index contributed by atoms with van der Waals surface area (Å²) in [6.07, 6.45) is 2.83. The summed E-state index contributed by atoms with van der Waals surface area (Å²) in [7, 11) is 4.84. The lowest BCUT2D eigenvalue weighted by Crippen LogP contribution is -2.28. The van der Waals surface area contributed by atoms with E-state index in [4.69, 9.17) is 0 Å². The summed E-state index contributed by atoms with van der Waals surface area (Å²) >= 11 is 3.34. The normalized spacial score (nSPS) is 10.7. The molecule has 2 aromatic heterocycles. The summed E-state index contributed by atoms with van der Waals surface area (Å²) in [4.78, 5) is 24.0. The molecule has 0 unspecified atom stereocenters. The van der Waals surface area contributed by atoms with E-state index in [1.54, 1.807) is 25.0 Å². The minimum absolute atomic E-state index is 0.178. The van der Waals surface area contributed by atoms with Gasteiger partial charge in [0.2, 0.25) is 5.69 Å². The molecule has 21 heavy (non-hydrogen) atoms. The van der Waals surface area contributed by atoms with E-state index in [1.165, 1.54) is 22.8 Å². The second-order valence-corrected chi connectivity index (χ2v) is 5.37. The van der Waals surface area contributed by atoms with Crippen molar-refractivity contribution >= 4 is 27.5 Å². The van der Waals surface area contributed by atoms with Crippen molar-refractivity contribution in [3.8, 4) is 0 Å². The van der Waals surface area contributed by atoms with Gasteiger partial charge in [0.1, 0.15) is 6.20 Å². The van der Waals surface area contributed by atoms with E-state index < -0.39 is 10.8 Å². The van der Waals surface area contributed by atoms with Crippen molar-refractivity contribution in [2.75, 3.05) is 7.05 Å². The third kappa shape index (κ3) is 2.94. The average molecular weight is 357 g/mol. The molecule has 0 saturated carbocycles. The number of nitro groups is 1. The maximum atomic E-state index is 12.3. The summed E-state index contributed by atoms with van der Waals surface area (Å²) in [6.45, 7) is 0.254. The van der Waals surface area contributed by atoms with E-state index in [2.05, 4.69) is 26.1 Å². The monoisotopic (exact) mass is 356 g/mol. The van der Waals surface area contributed by atoms with Gasteiger partial charge in [0, 0.05) is 21.1 Å². The molecular weight excluding hydrogens is 344 g/mol. The van der Waals surface area contributed by atoms with Crippen LogP contribution in [0.15, 0.2) is 16.9 Å². The Labute approximate surface area is 128 Å². The van der Waals surface area contributed by atoms with Crippen LogP contribution >= 0.6 is 15.9 Å². The maximum absolute atomic E-state index is 12.3. The van der Waals surface area contributed by atoms with Gasteiger partial charge in [-0.3, -0.25) is 24.3 Å². The zero-order valence-corrected chi connectivity index (χ0v) is 13.2. The van der Waals surface area contributed by atoms with Crippen LogP contribution in [-0.4, -0.2) is 42.3 Å². The van der Waals surface area contributed by atoms with E-state index in [0.717, 1.165) is 10.2 Å². The number of hydrogen-bond donors (Lipinski definition) is 0. The molecule has 0 aliphatic heterocycles. The molecule has 0 aliphatic carbocycles. The molecule has 0 saturated heterocycles. The second kappa shape index (κ2) is 5.64. The van der Waals surface area contributed by atoms with E-state index in [1.807, 2.05) is 0 Å². The fourth-order valence-electron chi connectivity index (χ4n) is 1.85. The summed E-state index contributed by atoms with van der Waals surface area (Å²) in [5.74, 6) is -0.518. The van der Waals surface area contributed by atoms with Gasteiger partial charge in [0.05, 0.1) is 27.8 Å². The van der Waals surface area contributed by atoms with E-state index in [0.29, 0.717) is 0 Å². The Morgan fingerprint density at radius 1 is 1.52 bits per heavy atom. The SMILES string of the molecule is CN(Cc1c(Br)cnn1C)C(=O)c1nn(C)cc1[N+](=O)[O-]. The number of hydrogen-bond acceptors (Lipinski definition) is 5. The number of aromatic nitrogens is 4. The molecular formula is C11H13BrN6O3. The van der Waals surface area contributed by atoms with E-state index in [-0.39, 0.29) is 17.9 Å². The first-order valence-electron chi connectivity index (χ1n) is 5.91. The topological polar surface area (TPSA) is 99.1 Å². The van der Waals surface area contributed by atoms with Gasteiger partial charge in [-0.25, -0.2) is 0 Å². The highest BCUT2D eigenvalue weighted by Gasteiger charge is 2.28. The lowest BCUT2D eigenvalue weighted by atomic mass is 10.3. The minimum atomic E-state index is -0.617. The Morgan fingerprint density at radius 3 is 2.71 bits per heavy atom. The highest BCUT2D eigenvalue weighted by Crippen LogP contribution is 2.20. The van der Waals surface area contributed by atoms with E-state index in [9.17, 15) is 14.9 Å². The molecule has 1 amide bonds. The smallest absolute Gasteiger partial charge is 0.320 e. The van der Waals surface area contributed by atoms with Crippen LogP contribution in [0, 0.1) is 10.1 Å². The quantitative estimate of drug-likeness (QED) is 0.603. The summed E-state index contributed by atoms with van der Waals surface area (Å²) in [6, 6.07) is 0. The van der Waals surface area contributed by atoms with Gasteiger partial charge in [-0.2, -0.15) is 10.2 Å². The predicted octanol–water partition coefficient (Wildman–Crippen LogP) is 1.10. The molecule has 10 heteroatoms. The number of rotatable bonds is 4. The van der Waals surface area contributed by atoms with Crippen LogP contribution in [0.5, 0.6) is 0 Å². The van der Waals surface area contributed by atoms with Crippen LogP contribution in [0.1, 0.15) is 16.2 Å². The standard InChI is InChI=1S/C11H13BrN6O3/c1-15(5-8-7(12)4-13-17(8)3)11(19)10-9(18(20)21)6-16(2)14-10/h4,6H,5H2,1-3H3. The van der Waals surface area contributed by atoms with Crippen molar-refractivity contribution in [1.82, 2.24) is 24.5 Å². The number of amides is 1. The second-order valence-electron chi connectivity index (χ2n) is 4.52. The van der Waals surface area contributed by atoms with Crippen LogP contribution in [0.4, 0.5) is 5.69 Å². The third-order valence-corrected chi connectivity index (χ3v) is 3.62. The Bertz CT molecular complexity index is 687. The molecule has 0 radical (unpaired) electrons. The van der Waals surface area contributed by atoms with Crippen molar-refractivity contribution in [2.45, 2.75) is 6.54 Å². The summed E-state index contributed by atoms with van der Waals surface area (Å²) in [5, 5.41) is 18.9. The van der Waals surface area contributed by atoms with Crippen LogP contribution in [-0.2, 0) is 20.6 Å². The Hall–Kier alpha value is -2.23. The van der Waals surface area contributed by atoms with Crippen molar-refractivity contribution in [3.05, 3.63) is 38.4 Å². The Kier molecular flexibility index (Phi) is 4.07. The zero-order valence-electron chi connectivity index (χ0n) is 11.6. The van der Waals surface area contributed by atoms with Crippen molar-refractivity contribution in [1.29, 1.82) is 0 Å². The third-order valence-electron chi connectivity index (χ3n) is 2.95. The number of halogens is 1. The first-order chi connectivity index (χ1) is 9.81. The lowest BCUT2D eigenvalue weighted by Gasteiger charge is -2.16. The number of nitrogens with zero attached hydrogens (tertiary/aromatic N) is 6. The Balaban J connectivity index is 2.26. The molecule has 2 aromatic rings. The molecule has 9 nitrogen and oxygen atoms in total. The van der Waals surface area contributed by atoms with Crippen molar-refractivity contribution in [3.63, 3.8) is 0 Å². The van der Waals surface area contributed by atoms with Crippen molar-refractivity contribution < 1.29 is 9.72 Å². The highest BCUT2D eigenvalue weighted by atomic mass is 79.9. The number of aryl methyl sites for hydroxylation is 2. The molecule has 0 atom stereocenters. The Morgan fingerprint density at radius 2 is 2.19 bits per heavy atom. The first kappa shape index (κ1) is 15.2. The van der Waals surface area contributed by atoms with Crippen LogP contribution in [0.3, 0.4) is 0 Å². The predicted molar refractivity (Wildman–Crippen MR) is 76.6 cm³/mol. The number of carbonyl (C=O) groups excluding carboxylic acids is 1. The molecule has 112 valence electrons. The molecule has 2 rings (SSSR count). The molecule has 0 N–H and O–H groups in total. The molecule has 0 fully saturated rings. The first-order valence-corrected chi connectivity index (χ1v) is 6.70. The number of carbonyl (C=O) groups is 1. The van der Waals surface area contributed by atoms with Gasteiger partial charge in [0.25, 0.3) is 5.91 Å². The molecule has 0 bridgehead atoms. The fraction of sp³-hybridized carbons (Fsp3) is 0.364. The van der Waals surface area contributed by atoms with Gasteiger partial charge >= 0.3 is 5.69 Å². The summed E-state index contributed by atoms with van der Waals surface area (Å²) < 4.78 is 3.64. The van der Waals surface area contributed by atoms with Crippen molar-refractivity contribution in [2.24, 2.45) is 14.1 Å². The highest BCUT2D eigenvalue weighted by molar-refractivity contribution is 9.10. The van der Waals surface area contributed by atoms with Crippen LogP contribution in [0.2, 0.25) is 0 Å². The van der Waals surface area contributed by atoms with Crippen LogP contribution in [0.25, 0.3) is 0 Å². The molecule has 0 aliphatic rings. The maximum Gasteiger partial charge on any atom is 0.320 e. The zero-order chi connectivity index (χ0) is 15.7. The average Bonchev–Trinajstić information content (AvgIpc) is 2.95. The molecule has 0 spiro atoms. The minimum Gasteiger partial charge on any atom is -0.334 e. The van der Waals surface area contributed by atoms with Gasteiger partial charge < -0.3 is 4.90 Å². The lowest BCUT2D eigenvalue weighted by molar-refractivity contribution is -0.385. The fourth-order valence-corrected chi connectivity index (χ4v) is 2.33. The van der Waals surface area contributed by atoms with Gasteiger partial charge in [-0.05, 0) is 15.9 Å². The molecule has 0 aromatic carbocycles. The van der Waals surface area contributed by atoms with Gasteiger partial charge in [-0.15, -0.1) is 0 Å².